The average molecular weight is 385 g/mol. The molecule has 1 fully saturated rings. The monoisotopic (exact) mass is 384 g/mol. The standard InChI is InChI=1S/C19H14ClFN4O2/c20-13-4-6-15(7-5-13)25-17(12-2-1-3-14(21)8-12)9-16(23-25)19(27)24-10-18(26)22-11-24/h1-9H,10-11H2,(H,22,26). The van der Waals surface area contributed by atoms with Gasteiger partial charge < -0.3 is 10.2 Å². The third kappa shape index (κ3) is 3.41. The number of aromatic nitrogens is 2. The number of carbonyl (C=O) groups excluding carboxylic acids is 2. The molecule has 0 bridgehead atoms. The van der Waals surface area contributed by atoms with E-state index in [-0.39, 0.29) is 30.7 Å². The second-order valence-corrected chi connectivity index (χ2v) is 6.51. The molecule has 0 aliphatic carbocycles. The minimum atomic E-state index is -0.390. The van der Waals surface area contributed by atoms with E-state index in [1.165, 1.54) is 17.0 Å². The van der Waals surface area contributed by atoms with Gasteiger partial charge >= 0.3 is 0 Å². The summed E-state index contributed by atoms with van der Waals surface area (Å²) >= 11 is 5.95. The summed E-state index contributed by atoms with van der Waals surface area (Å²) in [6.45, 7) is 0.128. The second kappa shape index (κ2) is 6.85. The zero-order valence-electron chi connectivity index (χ0n) is 14.0. The fourth-order valence-corrected chi connectivity index (χ4v) is 3.02. The summed E-state index contributed by atoms with van der Waals surface area (Å²) in [5, 5.41) is 7.56. The molecule has 1 N–H and O–H groups in total. The lowest BCUT2D eigenvalue weighted by molar-refractivity contribution is -0.118. The van der Waals surface area contributed by atoms with Crippen LogP contribution in [0.4, 0.5) is 4.39 Å². The predicted octanol–water partition coefficient (Wildman–Crippen LogP) is 2.86. The Balaban J connectivity index is 1.80. The predicted molar refractivity (Wildman–Crippen MR) is 98.0 cm³/mol. The summed E-state index contributed by atoms with van der Waals surface area (Å²) in [7, 11) is 0. The molecule has 0 unspecified atom stereocenters. The van der Waals surface area contributed by atoms with Crippen LogP contribution in [0.5, 0.6) is 0 Å². The van der Waals surface area contributed by atoms with Crippen molar-refractivity contribution in [3.05, 3.63) is 71.1 Å². The van der Waals surface area contributed by atoms with Crippen molar-refractivity contribution in [1.29, 1.82) is 0 Å². The van der Waals surface area contributed by atoms with Crippen LogP contribution in [0.3, 0.4) is 0 Å². The van der Waals surface area contributed by atoms with E-state index in [1.54, 1.807) is 47.1 Å². The van der Waals surface area contributed by atoms with Crippen LogP contribution in [0.25, 0.3) is 16.9 Å². The number of hydrogen-bond donors (Lipinski definition) is 1. The zero-order valence-corrected chi connectivity index (χ0v) is 14.8. The smallest absolute Gasteiger partial charge is 0.276 e. The van der Waals surface area contributed by atoms with Gasteiger partial charge in [-0.2, -0.15) is 5.10 Å². The molecule has 1 saturated heterocycles. The Kier molecular flexibility index (Phi) is 4.37. The van der Waals surface area contributed by atoms with Gasteiger partial charge in [0.2, 0.25) is 5.91 Å². The Morgan fingerprint density at radius 1 is 1.15 bits per heavy atom. The summed E-state index contributed by atoms with van der Waals surface area (Å²) < 4.78 is 15.3. The first kappa shape index (κ1) is 17.2. The molecule has 0 saturated carbocycles. The summed E-state index contributed by atoms with van der Waals surface area (Å²) in [5.41, 5.74) is 1.97. The van der Waals surface area contributed by atoms with Gasteiger partial charge in [0, 0.05) is 10.6 Å². The van der Waals surface area contributed by atoms with Gasteiger partial charge in [-0.05, 0) is 42.5 Å². The highest BCUT2D eigenvalue weighted by molar-refractivity contribution is 6.30. The molecule has 4 rings (SSSR count). The van der Waals surface area contributed by atoms with Gasteiger partial charge in [-0.15, -0.1) is 0 Å². The first-order valence-electron chi connectivity index (χ1n) is 8.19. The maximum absolute atomic E-state index is 13.7. The van der Waals surface area contributed by atoms with Crippen molar-refractivity contribution in [2.45, 2.75) is 0 Å². The third-order valence-electron chi connectivity index (χ3n) is 4.21. The quantitative estimate of drug-likeness (QED) is 0.755. The molecule has 2 heterocycles. The molecule has 27 heavy (non-hydrogen) atoms. The molecular weight excluding hydrogens is 371 g/mol. The van der Waals surface area contributed by atoms with E-state index in [0.29, 0.717) is 22.0 Å². The normalized spacial score (nSPS) is 13.7. The van der Waals surface area contributed by atoms with Gasteiger partial charge in [-0.25, -0.2) is 9.07 Å². The topological polar surface area (TPSA) is 67.2 Å². The van der Waals surface area contributed by atoms with Crippen molar-refractivity contribution in [3.63, 3.8) is 0 Å². The molecule has 8 heteroatoms. The highest BCUT2D eigenvalue weighted by Gasteiger charge is 2.27. The third-order valence-corrected chi connectivity index (χ3v) is 4.46. The Bertz CT molecular complexity index is 1030. The lowest BCUT2D eigenvalue weighted by Gasteiger charge is -2.10. The number of benzene rings is 2. The molecule has 136 valence electrons. The van der Waals surface area contributed by atoms with E-state index in [2.05, 4.69) is 10.4 Å². The molecule has 0 radical (unpaired) electrons. The van der Waals surface area contributed by atoms with Crippen molar-refractivity contribution in [1.82, 2.24) is 20.0 Å². The maximum atomic E-state index is 13.7. The average Bonchev–Trinajstić information content (AvgIpc) is 3.28. The molecule has 2 amide bonds. The first-order chi connectivity index (χ1) is 13.0. The molecule has 0 spiro atoms. The SMILES string of the molecule is O=C1CN(C(=O)c2cc(-c3cccc(F)c3)n(-c3ccc(Cl)cc3)n2)CN1. The van der Waals surface area contributed by atoms with Crippen LogP contribution in [0, 0.1) is 5.82 Å². The fraction of sp³-hybridized carbons (Fsp3) is 0.105. The first-order valence-corrected chi connectivity index (χ1v) is 8.57. The van der Waals surface area contributed by atoms with E-state index in [4.69, 9.17) is 11.6 Å². The van der Waals surface area contributed by atoms with Crippen molar-refractivity contribution < 1.29 is 14.0 Å². The summed E-state index contributed by atoms with van der Waals surface area (Å²) in [4.78, 5) is 25.5. The van der Waals surface area contributed by atoms with Crippen LogP contribution in [0.1, 0.15) is 10.5 Å². The van der Waals surface area contributed by atoms with Crippen LogP contribution in [-0.2, 0) is 4.79 Å². The van der Waals surface area contributed by atoms with Crippen LogP contribution in [0.15, 0.2) is 54.6 Å². The highest BCUT2D eigenvalue weighted by Crippen LogP contribution is 2.26. The van der Waals surface area contributed by atoms with Gasteiger partial charge in [-0.1, -0.05) is 23.7 Å². The number of carbonyl (C=O) groups is 2. The second-order valence-electron chi connectivity index (χ2n) is 6.07. The summed E-state index contributed by atoms with van der Waals surface area (Å²) in [5.74, 6) is -0.983. The van der Waals surface area contributed by atoms with Crippen LogP contribution >= 0.6 is 11.6 Å². The number of nitrogens with zero attached hydrogens (tertiary/aromatic N) is 3. The number of rotatable bonds is 3. The lowest BCUT2D eigenvalue weighted by Crippen LogP contribution is -2.30. The van der Waals surface area contributed by atoms with Gasteiger partial charge in [0.1, 0.15) is 12.4 Å². The fourth-order valence-electron chi connectivity index (χ4n) is 2.89. The van der Waals surface area contributed by atoms with E-state index >= 15 is 0 Å². The Morgan fingerprint density at radius 3 is 2.59 bits per heavy atom. The zero-order chi connectivity index (χ0) is 19.0. The van der Waals surface area contributed by atoms with Crippen molar-refractivity contribution in [2.75, 3.05) is 13.2 Å². The molecule has 2 aromatic carbocycles. The number of amides is 2. The van der Waals surface area contributed by atoms with Crippen LogP contribution < -0.4 is 5.32 Å². The van der Waals surface area contributed by atoms with E-state index in [9.17, 15) is 14.0 Å². The van der Waals surface area contributed by atoms with Crippen molar-refractivity contribution in [2.24, 2.45) is 0 Å². The Labute approximate surface area is 159 Å². The highest BCUT2D eigenvalue weighted by atomic mass is 35.5. The van der Waals surface area contributed by atoms with Gasteiger partial charge in [0.15, 0.2) is 5.69 Å². The lowest BCUT2D eigenvalue weighted by atomic mass is 10.1. The Morgan fingerprint density at radius 2 is 1.93 bits per heavy atom. The van der Waals surface area contributed by atoms with Gasteiger partial charge in [-0.3, -0.25) is 9.59 Å². The van der Waals surface area contributed by atoms with Crippen molar-refractivity contribution >= 4 is 23.4 Å². The molecule has 1 aromatic heterocycles. The molecule has 6 nitrogen and oxygen atoms in total. The summed E-state index contributed by atoms with van der Waals surface area (Å²) in [6, 6.07) is 14.6. The van der Waals surface area contributed by atoms with E-state index in [0.717, 1.165) is 0 Å². The summed E-state index contributed by atoms with van der Waals surface area (Å²) in [6.07, 6.45) is 0. The minimum absolute atomic E-state index is 0.0120. The Hall–Kier alpha value is -3.19. The molecule has 1 aliphatic rings. The molecule has 1 aliphatic heterocycles. The number of halogens is 2. The molecular formula is C19H14ClFN4O2. The number of hydrogen-bond acceptors (Lipinski definition) is 3. The number of nitrogens with one attached hydrogen (secondary N) is 1. The van der Waals surface area contributed by atoms with Gasteiger partial charge in [0.05, 0.1) is 18.1 Å². The minimum Gasteiger partial charge on any atom is -0.337 e. The van der Waals surface area contributed by atoms with Crippen LogP contribution in [0.2, 0.25) is 5.02 Å². The van der Waals surface area contributed by atoms with Crippen molar-refractivity contribution in [3.8, 4) is 16.9 Å². The van der Waals surface area contributed by atoms with E-state index < -0.39 is 5.82 Å². The maximum Gasteiger partial charge on any atom is 0.276 e. The van der Waals surface area contributed by atoms with E-state index in [1.807, 2.05) is 0 Å². The molecule has 0 atom stereocenters. The largest absolute Gasteiger partial charge is 0.337 e. The van der Waals surface area contributed by atoms with Gasteiger partial charge in [0.25, 0.3) is 5.91 Å². The molecule has 3 aromatic rings. The van der Waals surface area contributed by atoms with Crippen LogP contribution in [-0.4, -0.2) is 39.7 Å².